The lowest BCUT2D eigenvalue weighted by molar-refractivity contribution is -0.000853. The van der Waals surface area contributed by atoms with Crippen LogP contribution in [-0.4, -0.2) is 45.4 Å². The quantitative estimate of drug-likeness (QED) is 0.554. The van der Waals surface area contributed by atoms with Gasteiger partial charge >= 0.3 is 0 Å². The molecule has 0 radical (unpaired) electrons. The fraction of sp³-hybridized carbons (Fsp3) is 0.708. The zero-order chi connectivity index (χ0) is 22.5. The molecule has 0 spiro atoms. The van der Waals surface area contributed by atoms with Crippen LogP contribution < -0.4 is 21.1 Å². The van der Waals surface area contributed by atoms with Gasteiger partial charge in [-0.3, -0.25) is 4.79 Å². The number of hydrogen-bond donors (Lipinski definition) is 3. The number of H-pyrrole nitrogens is 1. The Kier molecular flexibility index (Phi) is 5.36. The summed E-state index contributed by atoms with van der Waals surface area (Å²) in [4.78, 5) is 26.8. The molecule has 33 heavy (non-hydrogen) atoms. The molecule has 1 aliphatic heterocycles. The highest BCUT2D eigenvalue weighted by Gasteiger charge is 2.56. The molecule has 9 heteroatoms. The van der Waals surface area contributed by atoms with Crippen LogP contribution >= 0.6 is 11.3 Å². The summed E-state index contributed by atoms with van der Waals surface area (Å²) in [7, 11) is 0. The Morgan fingerprint density at radius 3 is 2.67 bits per heavy atom. The highest BCUT2D eigenvalue weighted by molar-refractivity contribution is 7.13. The Morgan fingerprint density at radius 2 is 1.97 bits per heavy atom. The number of hydrogen-bond acceptors (Lipinski definition) is 8. The smallest absolute Gasteiger partial charge is 0.276 e. The molecule has 2 atom stereocenters. The lowest BCUT2D eigenvalue weighted by Gasteiger charge is -2.57. The lowest BCUT2D eigenvalue weighted by atomic mass is 9.56. The first-order valence-electron chi connectivity index (χ1n) is 12.5. The van der Waals surface area contributed by atoms with Gasteiger partial charge in [0.15, 0.2) is 10.9 Å². The third-order valence-electron chi connectivity index (χ3n) is 8.57. The summed E-state index contributed by atoms with van der Waals surface area (Å²) in [5, 5.41) is 10.5. The first kappa shape index (κ1) is 21.4. The zero-order valence-corrected chi connectivity index (χ0v) is 20.1. The Morgan fingerprint density at radius 1 is 1.21 bits per heavy atom. The van der Waals surface area contributed by atoms with Crippen molar-refractivity contribution in [1.29, 1.82) is 0 Å². The molecule has 2 unspecified atom stereocenters. The van der Waals surface area contributed by atoms with E-state index < -0.39 is 0 Å². The number of nitrogens with zero attached hydrogens (tertiary/aromatic N) is 3. The summed E-state index contributed by atoms with van der Waals surface area (Å²) in [6.45, 7) is 2.92. The number of rotatable bonds is 7. The number of aromatic nitrogens is 3. The molecule has 4 aliphatic carbocycles. The number of aromatic amines is 1. The van der Waals surface area contributed by atoms with Gasteiger partial charge < -0.3 is 25.3 Å². The van der Waals surface area contributed by atoms with Crippen LogP contribution in [0.15, 0.2) is 22.7 Å². The summed E-state index contributed by atoms with van der Waals surface area (Å²) in [5.74, 6) is 0.781. The standard InChI is InChI=1S/C24H34N6O2S/c1-16(32-17-4-2-3-5-17)14-30-19-18(20(31)27-15-26-19)28-21(30)23-6-9-24(10-7-23,11-8-23)29-22-25-12-13-33-22/h12-13,15-17,21,28H,2-11,14H2,1H3,(H,25,29)(H,26,27,31). The third-order valence-corrected chi connectivity index (χ3v) is 9.26. The summed E-state index contributed by atoms with van der Waals surface area (Å²) in [6.07, 6.45) is 15.6. The van der Waals surface area contributed by atoms with E-state index >= 15 is 0 Å². The summed E-state index contributed by atoms with van der Waals surface area (Å²) >= 11 is 1.68. The summed E-state index contributed by atoms with van der Waals surface area (Å²) < 4.78 is 6.41. The largest absolute Gasteiger partial charge is 0.373 e. The van der Waals surface area contributed by atoms with Gasteiger partial charge in [-0.05, 0) is 58.3 Å². The van der Waals surface area contributed by atoms with Crippen LogP contribution in [0.4, 0.5) is 16.6 Å². The van der Waals surface area contributed by atoms with E-state index in [4.69, 9.17) is 4.74 Å². The molecule has 5 aliphatic rings. The van der Waals surface area contributed by atoms with E-state index in [-0.39, 0.29) is 28.8 Å². The van der Waals surface area contributed by atoms with Crippen LogP contribution in [0.1, 0.15) is 71.1 Å². The second kappa shape index (κ2) is 8.27. The number of ether oxygens (including phenoxy) is 1. The van der Waals surface area contributed by atoms with Crippen molar-refractivity contribution in [3.05, 3.63) is 28.3 Å². The molecule has 3 heterocycles. The van der Waals surface area contributed by atoms with Gasteiger partial charge in [0.05, 0.1) is 18.5 Å². The molecule has 4 saturated carbocycles. The maximum absolute atomic E-state index is 12.6. The molecule has 0 aromatic carbocycles. The van der Waals surface area contributed by atoms with E-state index in [9.17, 15) is 4.79 Å². The molecule has 2 aromatic rings. The zero-order valence-electron chi connectivity index (χ0n) is 19.3. The molecule has 7 rings (SSSR count). The van der Waals surface area contributed by atoms with Gasteiger partial charge in [-0.1, -0.05) is 12.8 Å². The van der Waals surface area contributed by atoms with Crippen LogP contribution in [0.2, 0.25) is 0 Å². The van der Waals surface area contributed by atoms with Crippen molar-refractivity contribution in [2.45, 2.75) is 95.0 Å². The molecular formula is C24H34N6O2S. The molecule has 178 valence electrons. The molecule has 2 aromatic heterocycles. The van der Waals surface area contributed by atoms with Gasteiger partial charge in [0.2, 0.25) is 0 Å². The Hall–Kier alpha value is -2.13. The van der Waals surface area contributed by atoms with Crippen molar-refractivity contribution < 1.29 is 4.74 Å². The van der Waals surface area contributed by atoms with Gasteiger partial charge in [-0.15, -0.1) is 11.3 Å². The predicted molar refractivity (Wildman–Crippen MR) is 131 cm³/mol. The van der Waals surface area contributed by atoms with Crippen LogP contribution in [-0.2, 0) is 4.74 Å². The molecule has 4 fully saturated rings. The summed E-state index contributed by atoms with van der Waals surface area (Å²) in [6, 6.07) is 0. The number of thiazole rings is 1. The third kappa shape index (κ3) is 3.83. The molecule has 0 amide bonds. The fourth-order valence-electron chi connectivity index (χ4n) is 6.75. The predicted octanol–water partition coefficient (Wildman–Crippen LogP) is 4.34. The van der Waals surface area contributed by atoms with Gasteiger partial charge in [-0.25, -0.2) is 9.97 Å². The van der Waals surface area contributed by atoms with Crippen LogP contribution in [0.5, 0.6) is 0 Å². The average molecular weight is 471 g/mol. The minimum absolute atomic E-state index is 0.0799. The van der Waals surface area contributed by atoms with Crippen molar-refractivity contribution >= 4 is 28.0 Å². The topological polar surface area (TPSA) is 95.2 Å². The molecule has 0 saturated heterocycles. The van der Waals surface area contributed by atoms with Crippen molar-refractivity contribution in [2.75, 3.05) is 22.1 Å². The maximum Gasteiger partial charge on any atom is 0.276 e. The van der Waals surface area contributed by atoms with Gasteiger partial charge in [0.25, 0.3) is 5.56 Å². The molecule has 2 bridgehead atoms. The van der Waals surface area contributed by atoms with Crippen molar-refractivity contribution in [1.82, 2.24) is 15.0 Å². The lowest BCUT2D eigenvalue weighted by Crippen LogP contribution is -2.60. The van der Waals surface area contributed by atoms with E-state index in [1.54, 1.807) is 11.3 Å². The van der Waals surface area contributed by atoms with E-state index in [1.165, 1.54) is 32.0 Å². The van der Waals surface area contributed by atoms with Gasteiger partial charge in [0, 0.05) is 29.1 Å². The Balaban J connectivity index is 1.22. The maximum atomic E-state index is 12.6. The average Bonchev–Trinajstić information content (AvgIpc) is 3.58. The number of fused-ring (bicyclic) bond motifs is 4. The summed E-state index contributed by atoms with van der Waals surface area (Å²) in [5.41, 5.74) is 0.824. The van der Waals surface area contributed by atoms with E-state index in [1.807, 2.05) is 11.6 Å². The Bertz CT molecular complexity index is 1010. The van der Waals surface area contributed by atoms with Gasteiger partial charge in [0.1, 0.15) is 11.9 Å². The van der Waals surface area contributed by atoms with E-state index in [2.05, 4.69) is 37.4 Å². The highest BCUT2D eigenvalue weighted by atomic mass is 32.1. The minimum atomic E-state index is -0.0836. The second-order valence-corrected chi connectivity index (χ2v) is 11.5. The monoisotopic (exact) mass is 470 g/mol. The normalized spacial score (nSPS) is 32.0. The number of nitrogens with one attached hydrogen (secondary N) is 3. The SMILES string of the molecule is CC(CN1c2nc[nH]c(=O)c2NC1C12CCC(Nc3nccs3)(CC1)CC2)OC1CCCC1. The molecule has 3 N–H and O–H groups in total. The van der Waals surface area contributed by atoms with Crippen molar-refractivity contribution in [3.63, 3.8) is 0 Å². The fourth-order valence-corrected chi connectivity index (χ4v) is 7.40. The minimum Gasteiger partial charge on any atom is -0.373 e. The first-order chi connectivity index (χ1) is 16.1. The van der Waals surface area contributed by atoms with Crippen LogP contribution in [0, 0.1) is 5.41 Å². The van der Waals surface area contributed by atoms with Crippen LogP contribution in [0.3, 0.4) is 0 Å². The Labute approximate surface area is 198 Å². The molecule has 8 nitrogen and oxygen atoms in total. The van der Waals surface area contributed by atoms with Crippen molar-refractivity contribution in [3.8, 4) is 0 Å². The highest BCUT2D eigenvalue weighted by Crippen LogP contribution is 2.57. The van der Waals surface area contributed by atoms with Crippen LogP contribution in [0.25, 0.3) is 0 Å². The number of anilines is 3. The first-order valence-corrected chi connectivity index (χ1v) is 13.4. The molecular weight excluding hydrogens is 436 g/mol. The second-order valence-electron chi connectivity index (χ2n) is 10.6. The van der Waals surface area contributed by atoms with Gasteiger partial charge in [-0.2, -0.15) is 0 Å². The van der Waals surface area contributed by atoms with Crippen molar-refractivity contribution in [2.24, 2.45) is 5.41 Å². The van der Waals surface area contributed by atoms with E-state index in [0.717, 1.165) is 56.0 Å². The van der Waals surface area contributed by atoms with E-state index in [0.29, 0.717) is 11.8 Å².